The number of rotatable bonds is 17. The molecule has 170 valence electrons. The lowest BCUT2D eigenvalue weighted by Gasteiger charge is -2.35. The van der Waals surface area contributed by atoms with Gasteiger partial charge in [0.15, 0.2) is 0 Å². The molecule has 2 aromatic rings. The first-order valence-corrected chi connectivity index (χ1v) is 12.5. The third-order valence-corrected chi connectivity index (χ3v) is 6.57. The Morgan fingerprint density at radius 1 is 0.645 bits per heavy atom. The van der Waals surface area contributed by atoms with Crippen LogP contribution in [0, 0.1) is 0 Å². The Bertz CT molecular complexity index is 669. The first kappa shape index (κ1) is 25.2. The number of aliphatic carboxylic acids is 1. The van der Waals surface area contributed by atoms with Crippen LogP contribution in [0.2, 0.25) is 0 Å². The highest BCUT2D eigenvalue weighted by atomic mass is 16.4. The minimum absolute atomic E-state index is 0.132. The molecule has 0 unspecified atom stereocenters. The largest absolute Gasteiger partial charge is 0.481 e. The summed E-state index contributed by atoms with van der Waals surface area (Å²) in [5.41, 5.74) is 3.06. The molecule has 0 spiro atoms. The van der Waals surface area contributed by atoms with Gasteiger partial charge in [0.05, 0.1) is 0 Å². The van der Waals surface area contributed by atoms with Gasteiger partial charge in [0.1, 0.15) is 0 Å². The second kappa shape index (κ2) is 14.8. The van der Waals surface area contributed by atoms with E-state index in [4.69, 9.17) is 5.11 Å². The molecular formula is C29H42O2. The van der Waals surface area contributed by atoms with Gasteiger partial charge in [0.2, 0.25) is 0 Å². The first-order chi connectivity index (χ1) is 15.2. The lowest BCUT2D eigenvalue weighted by Crippen LogP contribution is -2.27. The Labute approximate surface area is 190 Å². The van der Waals surface area contributed by atoms with Crippen molar-refractivity contribution in [3.63, 3.8) is 0 Å². The number of carbonyl (C=O) groups is 1. The summed E-state index contributed by atoms with van der Waals surface area (Å²) < 4.78 is 0. The summed E-state index contributed by atoms with van der Waals surface area (Å²) in [6.07, 6.45) is 16.1. The van der Waals surface area contributed by atoms with Gasteiger partial charge < -0.3 is 5.11 Å². The van der Waals surface area contributed by atoms with Gasteiger partial charge in [0.25, 0.3) is 0 Å². The molecule has 31 heavy (non-hydrogen) atoms. The van der Waals surface area contributed by atoms with E-state index in [1.165, 1.54) is 81.8 Å². The molecule has 2 aromatic carbocycles. The maximum atomic E-state index is 10.5. The maximum Gasteiger partial charge on any atom is 0.303 e. The summed E-state index contributed by atoms with van der Waals surface area (Å²) >= 11 is 0. The maximum absolute atomic E-state index is 10.5. The summed E-state index contributed by atoms with van der Waals surface area (Å²) in [4.78, 5) is 10.5. The SMILES string of the molecule is CCCC(CCCCCCCCCCCCC(=O)O)(c1ccccc1)c1ccccc1. The highest BCUT2D eigenvalue weighted by molar-refractivity contribution is 5.66. The van der Waals surface area contributed by atoms with E-state index in [2.05, 4.69) is 67.6 Å². The van der Waals surface area contributed by atoms with Gasteiger partial charge in [-0.3, -0.25) is 4.79 Å². The number of unbranched alkanes of at least 4 members (excludes halogenated alkanes) is 9. The molecule has 0 aliphatic rings. The van der Waals surface area contributed by atoms with Gasteiger partial charge in [0, 0.05) is 11.8 Å². The highest BCUT2D eigenvalue weighted by Crippen LogP contribution is 2.41. The second-order valence-electron chi connectivity index (χ2n) is 8.99. The molecule has 0 amide bonds. The fourth-order valence-corrected chi connectivity index (χ4v) is 4.93. The first-order valence-electron chi connectivity index (χ1n) is 12.5. The van der Waals surface area contributed by atoms with Gasteiger partial charge in [-0.25, -0.2) is 0 Å². The molecule has 0 radical (unpaired) electrons. The van der Waals surface area contributed by atoms with Crippen LogP contribution in [0.15, 0.2) is 60.7 Å². The summed E-state index contributed by atoms with van der Waals surface area (Å²) in [6.45, 7) is 2.31. The topological polar surface area (TPSA) is 37.3 Å². The second-order valence-corrected chi connectivity index (χ2v) is 8.99. The molecule has 0 fully saturated rings. The van der Waals surface area contributed by atoms with Gasteiger partial charge >= 0.3 is 5.97 Å². The smallest absolute Gasteiger partial charge is 0.303 e. The lowest BCUT2D eigenvalue weighted by atomic mass is 9.68. The third-order valence-electron chi connectivity index (χ3n) is 6.57. The average Bonchev–Trinajstić information content (AvgIpc) is 2.80. The predicted octanol–water partition coefficient (Wildman–Crippen LogP) is 8.54. The van der Waals surface area contributed by atoms with Crippen molar-refractivity contribution >= 4 is 5.97 Å². The van der Waals surface area contributed by atoms with Crippen LogP contribution in [0.4, 0.5) is 0 Å². The molecule has 0 aromatic heterocycles. The fourth-order valence-electron chi connectivity index (χ4n) is 4.93. The Hall–Kier alpha value is -2.09. The summed E-state index contributed by atoms with van der Waals surface area (Å²) in [5, 5.41) is 8.67. The van der Waals surface area contributed by atoms with E-state index in [0.717, 1.165) is 12.8 Å². The quantitative estimate of drug-likeness (QED) is 0.259. The van der Waals surface area contributed by atoms with Crippen molar-refractivity contribution in [2.75, 3.05) is 0 Å². The molecule has 0 aliphatic heterocycles. The molecule has 0 heterocycles. The van der Waals surface area contributed by atoms with Crippen LogP contribution in [0.5, 0.6) is 0 Å². The van der Waals surface area contributed by atoms with Gasteiger partial charge in [-0.1, -0.05) is 132 Å². The zero-order chi connectivity index (χ0) is 22.2. The molecule has 2 heteroatoms. The Morgan fingerprint density at radius 3 is 1.48 bits per heavy atom. The van der Waals surface area contributed by atoms with Gasteiger partial charge in [-0.05, 0) is 30.4 Å². The molecule has 0 saturated carbocycles. The predicted molar refractivity (Wildman–Crippen MR) is 132 cm³/mol. The molecule has 0 aliphatic carbocycles. The molecule has 0 atom stereocenters. The molecule has 0 bridgehead atoms. The molecule has 1 N–H and O–H groups in total. The monoisotopic (exact) mass is 422 g/mol. The highest BCUT2D eigenvalue weighted by Gasteiger charge is 2.32. The van der Waals surface area contributed by atoms with E-state index in [1.807, 2.05) is 0 Å². The van der Waals surface area contributed by atoms with E-state index < -0.39 is 5.97 Å². The normalized spacial score (nSPS) is 11.5. The zero-order valence-electron chi connectivity index (χ0n) is 19.5. The van der Waals surface area contributed by atoms with Crippen LogP contribution in [0.25, 0.3) is 0 Å². The van der Waals surface area contributed by atoms with E-state index >= 15 is 0 Å². The lowest BCUT2D eigenvalue weighted by molar-refractivity contribution is -0.137. The third kappa shape index (κ3) is 8.89. The van der Waals surface area contributed by atoms with Crippen molar-refractivity contribution < 1.29 is 9.90 Å². The van der Waals surface area contributed by atoms with E-state index in [9.17, 15) is 4.79 Å². The van der Waals surface area contributed by atoms with Crippen LogP contribution < -0.4 is 0 Å². The Kier molecular flexibility index (Phi) is 12.0. The fraction of sp³-hybridized carbons (Fsp3) is 0.552. The van der Waals surface area contributed by atoms with Crippen LogP contribution in [0.1, 0.15) is 108 Å². The Morgan fingerprint density at radius 2 is 1.06 bits per heavy atom. The van der Waals surface area contributed by atoms with Crippen molar-refractivity contribution in [2.45, 2.75) is 102 Å². The summed E-state index contributed by atoms with van der Waals surface area (Å²) in [6, 6.07) is 22.3. The van der Waals surface area contributed by atoms with Crippen LogP contribution >= 0.6 is 0 Å². The van der Waals surface area contributed by atoms with Crippen molar-refractivity contribution in [1.29, 1.82) is 0 Å². The molecule has 2 rings (SSSR count). The van der Waals surface area contributed by atoms with Crippen molar-refractivity contribution in [1.82, 2.24) is 0 Å². The van der Waals surface area contributed by atoms with Crippen LogP contribution in [-0.4, -0.2) is 11.1 Å². The van der Waals surface area contributed by atoms with Crippen molar-refractivity contribution in [2.24, 2.45) is 0 Å². The average molecular weight is 423 g/mol. The number of hydrogen-bond acceptors (Lipinski definition) is 1. The van der Waals surface area contributed by atoms with Gasteiger partial charge in [-0.15, -0.1) is 0 Å². The summed E-state index contributed by atoms with van der Waals surface area (Å²) in [7, 11) is 0. The number of carboxylic acids is 1. The minimum atomic E-state index is -0.664. The van der Waals surface area contributed by atoms with Crippen LogP contribution in [-0.2, 0) is 10.2 Å². The van der Waals surface area contributed by atoms with E-state index in [0.29, 0.717) is 6.42 Å². The number of carboxylic acid groups (broad SMARTS) is 1. The van der Waals surface area contributed by atoms with Gasteiger partial charge in [-0.2, -0.15) is 0 Å². The van der Waals surface area contributed by atoms with E-state index in [1.54, 1.807) is 0 Å². The van der Waals surface area contributed by atoms with Crippen LogP contribution in [0.3, 0.4) is 0 Å². The minimum Gasteiger partial charge on any atom is -0.481 e. The number of benzene rings is 2. The zero-order valence-corrected chi connectivity index (χ0v) is 19.5. The number of hydrogen-bond donors (Lipinski definition) is 1. The van der Waals surface area contributed by atoms with E-state index in [-0.39, 0.29) is 5.41 Å². The molecule has 0 saturated heterocycles. The van der Waals surface area contributed by atoms with Crippen molar-refractivity contribution in [3.8, 4) is 0 Å². The standard InChI is InChI=1S/C29H42O2/c1-2-24-29(26-19-13-11-14-20-26,27-21-15-12-16-22-27)25-18-10-8-6-4-3-5-7-9-17-23-28(30)31/h11-16,19-22H,2-10,17-18,23-25H2,1H3,(H,30,31). The summed E-state index contributed by atoms with van der Waals surface area (Å²) in [5.74, 6) is -0.664. The molecular weight excluding hydrogens is 380 g/mol. The molecule has 2 nitrogen and oxygen atoms in total. The Balaban J connectivity index is 1.76. The van der Waals surface area contributed by atoms with Crippen molar-refractivity contribution in [3.05, 3.63) is 71.8 Å².